The molecule has 5 heteroatoms. The summed E-state index contributed by atoms with van der Waals surface area (Å²) >= 11 is 0. The monoisotopic (exact) mass is 431 g/mol. The molecule has 4 rings (SSSR count). The van der Waals surface area contributed by atoms with Crippen LogP contribution in [0, 0.1) is 0 Å². The number of carbonyl (C=O) groups excluding carboxylic acids is 1. The molecule has 1 amide bonds. The Morgan fingerprint density at radius 3 is 2.47 bits per heavy atom. The molecule has 0 spiro atoms. The van der Waals surface area contributed by atoms with E-state index in [1.54, 1.807) is 12.1 Å². The van der Waals surface area contributed by atoms with Gasteiger partial charge in [0.1, 0.15) is 19.0 Å². The van der Waals surface area contributed by atoms with Crippen LogP contribution in [0.25, 0.3) is 0 Å². The Morgan fingerprint density at radius 2 is 1.69 bits per heavy atom. The second kappa shape index (κ2) is 10.7. The molecule has 3 aromatic carbocycles. The zero-order chi connectivity index (χ0) is 22.2. The maximum absolute atomic E-state index is 12.7. The highest BCUT2D eigenvalue weighted by atomic mass is 16.6. The summed E-state index contributed by atoms with van der Waals surface area (Å²) in [5.41, 5.74) is 2.93. The fourth-order valence-corrected chi connectivity index (χ4v) is 3.66. The van der Waals surface area contributed by atoms with E-state index in [0.29, 0.717) is 25.4 Å². The maximum atomic E-state index is 12.7. The molecule has 166 valence electrons. The Labute approximate surface area is 189 Å². The van der Waals surface area contributed by atoms with Gasteiger partial charge >= 0.3 is 0 Å². The summed E-state index contributed by atoms with van der Waals surface area (Å²) in [7, 11) is 0. The van der Waals surface area contributed by atoms with E-state index in [-0.39, 0.29) is 11.9 Å². The van der Waals surface area contributed by atoms with Gasteiger partial charge < -0.3 is 19.5 Å². The lowest BCUT2D eigenvalue weighted by molar-refractivity contribution is 0.0939. The van der Waals surface area contributed by atoms with Gasteiger partial charge in [-0.25, -0.2) is 0 Å². The van der Waals surface area contributed by atoms with E-state index in [2.05, 4.69) is 29.6 Å². The highest BCUT2D eigenvalue weighted by Gasteiger charge is 2.16. The first-order valence-corrected chi connectivity index (χ1v) is 11.2. The van der Waals surface area contributed by atoms with Crippen molar-refractivity contribution in [2.24, 2.45) is 0 Å². The highest BCUT2D eigenvalue weighted by Crippen LogP contribution is 2.32. The largest absolute Gasteiger partial charge is 0.494 e. The minimum absolute atomic E-state index is 0.123. The normalized spacial score (nSPS) is 13.3. The lowest BCUT2D eigenvalue weighted by Crippen LogP contribution is -2.26. The fraction of sp³-hybridized carbons (Fsp3) is 0.296. The lowest BCUT2D eigenvalue weighted by atomic mass is 10.1. The van der Waals surface area contributed by atoms with Crippen LogP contribution in [0.15, 0.2) is 72.8 Å². The second-order valence-electron chi connectivity index (χ2n) is 7.91. The van der Waals surface area contributed by atoms with E-state index >= 15 is 0 Å². The first kappa shape index (κ1) is 21.8. The van der Waals surface area contributed by atoms with Crippen LogP contribution in [0.1, 0.15) is 47.3 Å². The molecule has 1 N–H and O–H groups in total. The van der Waals surface area contributed by atoms with Crippen LogP contribution in [0.5, 0.6) is 17.2 Å². The molecule has 32 heavy (non-hydrogen) atoms. The van der Waals surface area contributed by atoms with Crippen molar-refractivity contribution < 1.29 is 19.0 Å². The van der Waals surface area contributed by atoms with Gasteiger partial charge in [0.05, 0.1) is 12.6 Å². The zero-order valence-electron chi connectivity index (χ0n) is 18.4. The molecule has 1 atom stereocenters. The van der Waals surface area contributed by atoms with Crippen LogP contribution in [-0.4, -0.2) is 25.7 Å². The smallest absolute Gasteiger partial charge is 0.251 e. The number of rotatable bonds is 9. The minimum atomic E-state index is -0.154. The third kappa shape index (κ3) is 5.82. The molecule has 0 fully saturated rings. The molecular weight excluding hydrogens is 402 g/mol. The van der Waals surface area contributed by atoms with Gasteiger partial charge in [-0.3, -0.25) is 4.79 Å². The average Bonchev–Trinajstić information content (AvgIpc) is 2.84. The number of aryl methyl sites for hydroxylation is 1. The van der Waals surface area contributed by atoms with Gasteiger partial charge in [0.25, 0.3) is 5.91 Å². The minimum Gasteiger partial charge on any atom is -0.494 e. The third-order valence-corrected chi connectivity index (χ3v) is 5.50. The Balaban J connectivity index is 1.23. The van der Waals surface area contributed by atoms with Gasteiger partial charge in [-0.1, -0.05) is 36.4 Å². The zero-order valence-corrected chi connectivity index (χ0v) is 18.4. The van der Waals surface area contributed by atoms with E-state index in [1.165, 1.54) is 5.56 Å². The first-order valence-electron chi connectivity index (χ1n) is 11.2. The molecule has 1 aliphatic rings. The number of ether oxygens (including phenoxy) is 3. The van der Waals surface area contributed by atoms with E-state index in [0.717, 1.165) is 42.1 Å². The Kier molecular flexibility index (Phi) is 7.28. The number of fused-ring (bicyclic) bond motifs is 1. The van der Waals surface area contributed by atoms with Crippen LogP contribution in [0.3, 0.4) is 0 Å². The van der Waals surface area contributed by atoms with Crippen molar-refractivity contribution in [1.82, 2.24) is 5.32 Å². The number of benzene rings is 3. The van der Waals surface area contributed by atoms with Crippen molar-refractivity contribution in [3.8, 4) is 17.2 Å². The molecule has 1 heterocycles. The Bertz CT molecular complexity index is 1020. The number of hydrogen-bond donors (Lipinski definition) is 1. The summed E-state index contributed by atoms with van der Waals surface area (Å²) in [5.74, 6) is 2.12. The van der Waals surface area contributed by atoms with Gasteiger partial charge in [-0.15, -0.1) is 0 Å². The summed E-state index contributed by atoms with van der Waals surface area (Å²) in [6.07, 6.45) is 3.14. The van der Waals surface area contributed by atoms with Gasteiger partial charge in [0, 0.05) is 5.56 Å². The number of carbonyl (C=O) groups is 1. The van der Waals surface area contributed by atoms with Crippen LogP contribution >= 0.6 is 0 Å². The van der Waals surface area contributed by atoms with E-state index in [1.807, 2.05) is 43.3 Å². The first-order chi connectivity index (χ1) is 15.7. The van der Waals surface area contributed by atoms with E-state index < -0.39 is 0 Å². The van der Waals surface area contributed by atoms with Crippen LogP contribution in [0.2, 0.25) is 0 Å². The van der Waals surface area contributed by atoms with Crippen LogP contribution < -0.4 is 19.5 Å². The van der Waals surface area contributed by atoms with Gasteiger partial charge in [0.15, 0.2) is 11.5 Å². The number of unbranched alkanes of at least 4 members (excludes halogenated alkanes) is 1. The standard InChI is InChI=1S/C27H29NO4/c1-20(23-12-15-25-26(19-23)32-18-17-31-25)28-27(29)22-10-13-24(14-11-22)30-16-6-5-9-21-7-3-2-4-8-21/h2-4,7-8,10-15,19-20H,5-6,9,16-18H2,1H3,(H,28,29). The van der Waals surface area contributed by atoms with Gasteiger partial charge in [0.2, 0.25) is 0 Å². The molecule has 5 nitrogen and oxygen atoms in total. The Morgan fingerprint density at radius 1 is 0.938 bits per heavy atom. The molecule has 0 saturated heterocycles. The van der Waals surface area contributed by atoms with Crippen molar-refractivity contribution >= 4 is 5.91 Å². The van der Waals surface area contributed by atoms with Gasteiger partial charge in [-0.05, 0) is 73.7 Å². The molecule has 0 aromatic heterocycles. The molecule has 0 aliphatic carbocycles. The molecule has 0 radical (unpaired) electrons. The summed E-state index contributed by atoms with van der Waals surface area (Å²) in [6.45, 7) is 3.72. The Hall–Kier alpha value is -3.47. The summed E-state index contributed by atoms with van der Waals surface area (Å²) in [5, 5.41) is 3.04. The lowest BCUT2D eigenvalue weighted by Gasteiger charge is -2.21. The van der Waals surface area contributed by atoms with E-state index in [9.17, 15) is 4.79 Å². The third-order valence-electron chi connectivity index (χ3n) is 5.50. The van der Waals surface area contributed by atoms with Crippen molar-refractivity contribution in [3.63, 3.8) is 0 Å². The van der Waals surface area contributed by atoms with E-state index in [4.69, 9.17) is 14.2 Å². The van der Waals surface area contributed by atoms with Gasteiger partial charge in [-0.2, -0.15) is 0 Å². The molecule has 1 aliphatic heterocycles. The highest BCUT2D eigenvalue weighted by molar-refractivity contribution is 5.94. The number of nitrogens with one attached hydrogen (secondary N) is 1. The summed E-state index contributed by atoms with van der Waals surface area (Å²) in [6, 6.07) is 23.4. The fourth-order valence-electron chi connectivity index (χ4n) is 3.66. The second-order valence-corrected chi connectivity index (χ2v) is 7.91. The molecule has 0 bridgehead atoms. The average molecular weight is 432 g/mol. The van der Waals surface area contributed by atoms with Crippen LogP contribution in [-0.2, 0) is 6.42 Å². The van der Waals surface area contributed by atoms with Crippen LogP contribution in [0.4, 0.5) is 0 Å². The van der Waals surface area contributed by atoms with Crippen molar-refractivity contribution in [1.29, 1.82) is 0 Å². The molecule has 1 unspecified atom stereocenters. The number of amides is 1. The quantitative estimate of drug-likeness (QED) is 0.464. The molecular formula is C27H29NO4. The summed E-state index contributed by atoms with van der Waals surface area (Å²) in [4.78, 5) is 12.7. The van der Waals surface area contributed by atoms with Crippen molar-refractivity contribution in [2.75, 3.05) is 19.8 Å². The molecule has 3 aromatic rings. The SMILES string of the molecule is CC(NC(=O)c1ccc(OCCCCc2ccccc2)cc1)c1ccc2c(c1)OCCO2. The van der Waals surface area contributed by atoms with Crippen molar-refractivity contribution in [2.45, 2.75) is 32.2 Å². The maximum Gasteiger partial charge on any atom is 0.251 e. The topological polar surface area (TPSA) is 56.8 Å². The molecule has 0 saturated carbocycles. The summed E-state index contributed by atoms with van der Waals surface area (Å²) < 4.78 is 17.0. The predicted octanol–water partition coefficient (Wildman–Crippen LogP) is 5.35. The predicted molar refractivity (Wildman–Crippen MR) is 125 cm³/mol. The van der Waals surface area contributed by atoms with Crippen molar-refractivity contribution in [3.05, 3.63) is 89.5 Å². The number of hydrogen-bond acceptors (Lipinski definition) is 4.